The summed E-state index contributed by atoms with van der Waals surface area (Å²) in [5.41, 5.74) is 3.59. The van der Waals surface area contributed by atoms with Gasteiger partial charge in [0.1, 0.15) is 0 Å². The zero-order chi connectivity index (χ0) is 9.80. The predicted octanol–water partition coefficient (Wildman–Crippen LogP) is 1.56. The topological polar surface area (TPSA) is 32.3 Å². The minimum atomic E-state index is 0.126. The van der Waals surface area contributed by atoms with Crippen molar-refractivity contribution in [2.45, 2.75) is 13.0 Å². The Kier molecular flexibility index (Phi) is 2.96. The third-order valence-electron chi connectivity index (χ3n) is 2.60. The maximum Gasteiger partial charge on any atom is 0.0687 e. The summed E-state index contributed by atoms with van der Waals surface area (Å²) in [7, 11) is 0. The molecular formula is C12H15NO. The molecule has 0 unspecified atom stereocenters. The lowest BCUT2D eigenvalue weighted by Crippen LogP contribution is -2.20. The summed E-state index contributed by atoms with van der Waals surface area (Å²) in [6, 6.07) is 8.06. The average Bonchev–Trinajstić information content (AvgIpc) is 2.30. The summed E-state index contributed by atoms with van der Waals surface area (Å²) in [6.07, 6.45) is 3.26. The molecule has 1 aromatic rings. The number of benzene rings is 1. The van der Waals surface area contributed by atoms with Crippen molar-refractivity contribution in [3.63, 3.8) is 0 Å². The quantitative estimate of drug-likeness (QED) is 0.740. The van der Waals surface area contributed by atoms with Gasteiger partial charge in [-0.25, -0.2) is 0 Å². The summed E-state index contributed by atoms with van der Waals surface area (Å²) < 4.78 is 0. The van der Waals surface area contributed by atoms with Gasteiger partial charge in [0, 0.05) is 6.54 Å². The molecule has 0 saturated heterocycles. The Morgan fingerprint density at radius 1 is 1.29 bits per heavy atom. The highest BCUT2D eigenvalue weighted by Gasteiger charge is 2.08. The minimum absolute atomic E-state index is 0.126. The Morgan fingerprint density at radius 3 is 2.86 bits per heavy atom. The second kappa shape index (κ2) is 4.40. The number of aliphatic hydroxyl groups excluding tert-OH is 1. The van der Waals surface area contributed by atoms with Crippen LogP contribution in [0.2, 0.25) is 0 Å². The van der Waals surface area contributed by atoms with E-state index >= 15 is 0 Å². The number of aliphatic hydroxyl groups is 1. The summed E-state index contributed by atoms with van der Waals surface area (Å²) in [5.74, 6) is 0. The molecule has 1 heterocycles. The highest BCUT2D eigenvalue weighted by molar-refractivity contribution is 5.69. The van der Waals surface area contributed by atoms with Crippen LogP contribution >= 0.6 is 0 Å². The first-order valence-corrected chi connectivity index (χ1v) is 5.00. The van der Waals surface area contributed by atoms with Crippen LogP contribution in [0.25, 0.3) is 5.57 Å². The number of nitrogens with one attached hydrogen (secondary N) is 1. The summed E-state index contributed by atoms with van der Waals surface area (Å²) in [6.45, 7) is 2.10. The number of hydrogen-bond acceptors (Lipinski definition) is 2. The van der Waals surface area contributed by atoms with Gasteiger partial charge in [-0.3, -0.25) is 0 Å². The molecule has 0 spiro atoms. The van der Waals surface area contributed by atoms with Crippen LogP contribution in [0.4, 0.5) is 0 Å². The minimum Gasteiger partial charge on any atom is -0.392 e. The monoisotopic (exact) mass is 189 g/mol. The zero-order valence-corrected chi connectivity index (χ0v) is 8.16. The molecule has 2 heteroatoms. The lowest BCUT2D eigenvalue weighted by atomic mass is 9.96. The highest BCUT2D eigenvalue weighted by atomic mass is 16.3. The fourth-order valence-corrected chi connectivity index (χ4v) is 1.84. The molecule has 0 amide bonds. The summed E-state index contributed by atoms with van der Waals surface area (Å²) in [5, 5.41) is 12.5. The molecule has 0 radical (unpaired) electrons. The van der Waals surface area contributed by atoms with Gasteiger partial charge in [0.25, 0.3) is 0 Å². The molecule has 0 saturated carbocycles. The van der Waals surface area contributed by atoms with Crippen LogP contribution in [0.5, 0.6) is 0 Å². The number of hydrogen-bond donors (Lipinski definition) is 2. The van der Waals surface area contributed by atoms with Crippen molar-refractivity contribution in [2.75, 3.05) is 13.1 Å². The molecule has 0 atom stereocenters. The normalized spacial score (nSPS) is 16.5. The van der Waals surface area contributed by atoms with Gasteiger partial charge in [-0.05, 0) is 29.7 Å². The predicted molar refractivity (Wildman–Crippen MR) is 57.8 cm³/mol. The van der Waals surface area contributed by atoms with Crippen LogP contribution in [0.1, 0.15) is 17.5 Å². The standard InChI is InChI=1S/C12H15NO/c14-9-11-3-1-2-4-12(11)10-5-7-13-8-6-10/h1-5,13-14H,6-9H2. The average molecular weight is 189 g/mol. The van der Waals surface area contributed by atoms with E-state index in [0.717, 1.165) is 25.1 Å². The molecule has 0 bridgehead atoms. The van der Waals surface area contributed by atoms with Gasteiger partial charge < -0.3 is 10.4 Å². The smallest absolute Gasteiger partial charge is 0.0687 e. The van der Waals surface area contributed by atoms with Crippen LogP contribution in [0.3, 0.4) is 0 Å². The van der Waals surface area contributed by atoms with Gasteiger partial charge in [0.15, 0.2) is 0 Å². The number of rotatable bonds is 2. The maximum absolute atomic E-state index is 9.21. The largest absolute Gasteiger partial charge is 0.392 e. The Balaban J connectivity index is 2.34. The van der Waals surface area contributed by atoms with E-state index in [1.165, 1.54) is 11.1 Å². The fraction of sp³-hybridized carbons (Fsp3) is 0.333. The highest BCUT2D eigenvalue weighted by Crippen LogP contribution is 2.23. The van der Waals surface area contributed by atoms with Crippen LogP contribution < -0.4 is 5.32 Å². The second-order valence-electron chi connectivity index (χ2n) is 3.50. The molecule has 0 aromatic heterocycles. The first kappa shape index (κ1) is 9.44. The molecule has 2 nitrogen and oxygen atoms in total. The second-order valence-corrected chi connectivity index (χ2v) is 3.50. The van der Waals surface area contributed by atoms with E-state index in [1.54, 1.807) is 0 Å². The van der Waals surface area contributed by atoms with Crippen LogP contribution in [-0.4, -0.2) is 18.2 Å². The van der Waals surface area contributed by atoms with Gasteiger partial charge in [-0.2, -0.15) is 0 Å². The zero-order valence-electron chi connectivity index (χ0n) is 8.16. The van der Waals surface area contributed by atoms with Crippen molar-refractivity contribution in [2.24, 2.45) is 0 Å². The molecular weight excluding hydrogens is 174 g/mol. The molecule has 1 aliphatic heterocycles. The molecule has 1 aromatic carbocycles. The molecule has 74 valence electrons. The van der Waals surface area contributed by atoms with Crippen molar-refractivity contribution in [1.29, 1.82) is 0 Å². The van der Waals surface area contributed by atoms with Crippen LogP contribution in [0.15, 0.2) is 30.3 Å². The van der Waals surface area contributed by atoms with Crippen molar-refractivity contribution in [3.8, 4) is 0 Å². The lowest BCUT2D eigenvalue weighted by Gasteiger charge is -2.16. The fourth-order valence-electron chi connectivity index (χ4n) is 1.84. The van der Waals surface area contributed by atoms with Crippen molar-refractivity contribution >= 4 is 5.57 Å². The summed E-state index contributed by atoms with van der Waals surface area (Å²) in [4.78, 5) is 0. The van der Waals surface area contributed by atoms with E-state index in [1.807, 2.05) is 18.2 Å². The van der Waals surface area contributed by atoms with Gasteiger partial charge in [0.2, 0.25) is 0 Å². The summed E-state index contributed by atoms with van der Waals surface area (Å²) >= 11 is 0. The SMILES string of the molecule is OCc1ccccc1C1=CCNCC1. The van der Waals surface area contributed by atoms with E-state index in [0.29, 0.717) is 0 Å². The van der Waals surface area contributed by atoms with E-state index in [2.05, 4.69) is 17.5 Å². The van der Waals surface area contributed by atoms with E-state index in [-0.39, 0.29) is 6.61 Å². The Hall–Kier alpha value is -1.12. The van der Waals surface area contributed by atoms with Crippen LogP contribution in [-0.2, 0) is 6.61 Å². The van der Waals surface area contributed by atoms with Gasteiger partial charge >= 0.3 is 0 Å². The van der Waals surface area contributed by atoms with Crippen molar-refractivity contribution < 1.29 is 5.11 Å². The third-order valence-corrected chi connectivity index (χ3v) is 2.60. The van der Waals surface area contributed by atoms with Gasteiger partial charge in [-0.1, -0.05) is 30.3 Å². The van der Waals surface area contributed by atoms with Gasteiger partial charge in [-0.15, -0.1) is 0 Å². The molecule has 14 heavy (non-hydrogen) atoms. The first-order chi connectivity index (χ1) is 6.92. The van der Waals surface area contributed by atoms with Crippen molar-refractivity contribution in [3.05, 3.63) is 41.5 Å². The van der Waals surface area contributed by atoms with Crippen molar-refractivity contribution in [1.82, 2.24) is 5.32 Å². The Morgan fingerprint density at radius 2 is 2.14 bits per heavy atom. The maximum atomic E-state index is 9.21. The van der Waals surface area contributed by atoms with E-state index < -0.39 is 0 Å². The molecule has 2 rings (SSSR count). The Bertz CT molecular complexity index is 344. The van der Waals surface area contributed by atoms with Crippen LogP contribution in [0, 0.1) is 0 Å². The molecule has 0 aliphatic carbocycles. The van der Waals surface area contributed by atoms with Gasteiger partial charge in [0.05, 0.1) is 6.61 Å². The van der Waals surface area contributed by atoms with E-state index in [4.69, 9.17) is 0 Å². The molecule has 1 aliphatic rings. The first-order valence-electron chi connectivity index (χ1n) is 5.00. The third kappa shape index (κ3) is 1.86. The van der Waals surface area contributed by atoms with E-state index in [9.17, 15) is 5.11 Å². The Labute approximate surface area is 84.3 Å². The lowest BCUT2D eigenvalue weighted by molar-refractivity contribution is 0.281. The molecule has 0 fully saturated rings. The molecule has 2 N–H and O–H groups in total.